The normalized spacial score (nSPS) is 22.4. The lowest BCUT2D eigenvalue weighted by Gasteiger charge is -2.33. The molecule has 0 saturated carbocycles. The molecule has 0 radical (unpaired) electrons. The molecule has 3 aliphatic rings. The second-order valence-corrected chi connectivity index (χ2v) is 9.13. The van der Waals surface area contributed by atoms with E-state index in [0.29, 0.717) is 50.2 Å². The Morgan fingerprint density at radius 1 is 1.03 bits per heavy atom. The van der Waals surface area contributed by atoms with E-state index in [-0.39, 0.29) is 17.9 Å². The Bertz CT molecular complexity index is 818. The van der Waals surface area contributed by atoms with Crippen LogP contribution in [0, 0.1) is 5.92 Å². The van der Waals surface area contributed by atoms with Crippen LogP contribution in [0.5, 0.6) is 0 Å². The van der Waals surface area contributed by atoms with Gasteiger partial charge in [-0.3, -0.25) is 14.5 Å². The number of hydrogen-bond donors (Lipinski definition) is 1. The topological polar surface area (TPSA) is 71.1 Å². The molecule has 32 heavy (non-hydrogen) atoms. The first-order valence-corrected chi connectivity index (χ1v) is 11.9. The predicted molar refractivity (Wildman–Crippen MR) is 121 cm³/mol. The third-order valence-electron chi connectivity index (χ3n) is 6.73. The number of likely N-dealkylation sites (tertiary alicyclic amines) is 2. The number of rotatable bonds is 7. The summed E-state index contributed by atoms with van der Waals surface area (Å²) >= 11 is 0. The van der Waals surface area contributed by atoms with Crippen LogP contribution in [0.1, 0.15) is 44.6 Å². The molecule has 3 aliphatic heterocycles. The predicted octanol–water partition coefficient (Wildman–Crippen LogP) is 2.67. The SMILES string of the molecule is CC1=C(C(=O)N2CCC(CCC(=O)N[C@H]3CCN(Cc4ccccc4)C3)CC2)OCCO1. The minimum atomic E-state index is -0.0697. The lowest BCUT2D eigenvalue weighted by Crippen LogP contribution is -2.41. The van der Waals surface area contributed by atoms with Gasteiger partial charge in [-0.1, -0.05) is 30.3 Å². The molecule has 0 aromatic heterocycles. The molecule has 2 amide bonds. The van der Waals surface area contributed by atoms with E-state index < -0.39 is 0 Å². The summed E-state index contributed by atoms with van der Waals surface area (Å²) in [7, 11) is 0. The van der Waals surface area contributed by atoms with Gasteiger partial charge in [0.2, 0.25) is 11.7 Å². The number of amides is 2. The van der Waals surface area contributed by atoms with Gasteiger partial charge in [0.1, 0.15) is 19.0 Å². The number of piperidine rings is 1. The van der Waals surface area contributed by atoms with Gasteiger partial charge in [-0.25, -0.2) is 0 Å². The van der Waals surface area contributed by atoms with Crippen molar-refractivity contribution in [2.24, 2.45) is 5.92 Å². The van der Waals surface area contributed by atoms with Crippen molar-refractivity contribution in [1.82, 2.24) is 15.1 Å². The summed E-state index contributed by atoms with van der Waals surface area (Å²) < 4.78 is 11.0. The number of hydrogen-bond acceptors (Lipinski definition) is 5. The highest BCUT2D eigenvalue weighted by Crippen LogP contribution is 2.25. The molecule has 0 spiro atoms. The van der Waals surface area contributed by atoms with Crippen LogP contribution in [0.2, 0.25) is 0 Å². The molecule has 1 aromatic rings. The van der Waals surface area contributed by atoms with Crippen molar-refractivity contribution in [3.63, 3.8) is 0 Å². The highest BCUT2D eigenvalue weighted by molar-refractivity contribution is 5.92. The van der Waals surface area contributed by atoms with Crippen LogP contribution in [-0.2, 0) is 25.6 Å². The fraction of sp³-hybridized carbons (Fsp3) is 0.600. The van der Waals surface area contributed by atoms with E-state index in [9.17, 15) is 9.59 Å². The van der Waals surface area contributed by atoms with Crippen LogP contribution in [0.3, 0.4) is 0 Å². The molecular formula is C25H35N3O4. The maximum atomic E-state index is 12.7. The third kappa shape index (κ3) is 6.03. The van der Waals surface area contributed by atoms with Gasteiger partial charge in [0.15, 0.2) is 0 Å². The molecule has 174 valence electrons. The fourth-order valence-corrected chi connectivity index (χ4v) is 4.86. The highest BCUT2D eigenvalue weighted by Gasteiger charge is 2.29. The van der Waals surface area contributed by atoms with Gasteiger partial charge in [0, 0.05) is 45.2 Å². The molecule has 4 rings (SSSR count). The van der Waals surface area contributed by atoms with Crippen molar-refractivity contribution in [2.75, 3.05) is 39.4 Å². The average Bonchev–Trinajstić information content (AvgIpc) is 3.25. The first kappa shape index (κ1) is 22.6. The number of nitrogens with zero attached hydrogens (tertiary/aromatic N) is 2. The Hall–Kier alpha value is -2.54. The van der Waals surface area contributed by atoms with Gasteiger partial charge in [-0.15, -0.1) is 0 Å². The number of carbonyl (C=O) groups excluding carboxylic acids is 2. The molecule has 0 unspecified atom stereocenters. The Kier molecular flexibility index (Phi) is 7.68. The molecule has 7 nitrogen and oxygen atoms in total. The number of nitrogens with one attached hydrogen (secondary N) is 1. The van der Waals surface area contributed by atoms with Gasteiger partial charge in [-0.2, -0.15) is 0 Å². The van der Waals surface area contributed by atoms with Crippen LogP contribution in [0.4, 0.5) is 0 Å². The van der Waals surface area contributed by atoms with Gasteiger partial charge in [-0.05, 0) is 44.1 Å². The van der Waals surface area contributed by atoms with E-state index in [0.717, 1.165) is 45.3 Å². The second kappa shape index (κ2) is 10.9. The minimum Gasteiger partial charge on any atom is -0.491 e. The zero-order valence-electron chi connectivity index (χ0n) is 19.1. The molecule has 2 fully saturated rings. The van der Waals surface area contributed by atoms with Crippen LogP contribution in [0.25, 0.3) is 0 Å². The Balaban J connectivity index is 1.13. The van der Waals surface area contributed by atoms with E-state index in [2.05, 4.69) is 34.5 Å². The van der Waals surface area contributed by atoms with E-state index >= 15 is 0 Å². The standard InChI is InChI=1S/C25H35N3O4/c1-19-24(32-16-15-31-19)25(30)28-13-9-20(10-14-28)7-8-23(29)26-22-11-12-27(18-22)17-21-5-3-2-4-6-21/h2-6,20,22H,7-18H2,1H3,(H,26,29)/t22-/m0/s1. The molecule has 0 aliphatic carbocycles. The molecule has 2 saturated heterocycles. The fourth-order valence-electron chi connectivity index (χ4n) is 4.86. The third-order valence-corrected chi connectivity index (χ3v) is 6.73. The molecule has 7 heteroatoms. The molecule has 1 atom stereocenters. The lowest BCUT2D eigenvalue weighted by atomic mass is 9.92. The summed E-state index contributed by atoms with van der Waals surface area (Å²) in [5.41, 5.74) is 1.32. The van der Waals surface area contributed by atoms with E-state index in [1.807, 2.05) is 11.0 Å². The molecule has 0 bridgehead atoms. The number of ether oxygens (including phenoxy) is 2. The average molecular weight is 442 g/mol. The zero-order valence-corrected chi connectivity index (χ0v) is 19.1. The van der Waals surface area contributed by atoms with Crippen molar-refractivity contribution in [3.05, 3.63) is 47.4 Å². The summed E-state index contributed by atoms with van der Waals surface area (Å²) in [4.78, 5) is 29.4. The lowest BCUT2D eigenvalue weighted by molar-refractivity contribution is -0.134. The number of carbonyl (C=O) groups is 2. The number of benzene rings is 1. The summed E-state index contributed by atoms with van der Waals surface area (Å²) in [5.74, 6) is 1.51. The van der Waals surface area contributed by atoms with Crippen molar-refractivity contribution >= 4 is 11.8 Å². The van der Waals surface area contributed by atoms with Crippen molar-refractivity contribution in [2.45, 2.75) is 51.6 Å². The Labute approximate surface area is 190 Å². The van der Waals surface area contributed by atoms with E-state index in [1.165, 1.54) is 5.56 Å². The molecular weight excluding hydrogens is 406 g/mol. The number of allylic oxidation sites excluding steroid dienone is 1. The molecule has 3 heterocycles. The largest absolute Gasteiger partial charge is 0.491 e. The van der Waals surface area contributed by atoms with Crippen molar-refractivity contribution < 1.29 is 19.1 Å². The van der Waals surface area contributed by atoms with Gasteiger partial charge >= 0.3 is 0 Å². The summed E-state index contributed by atoms with van der Waals surface area (Å²) in [6.07, 6.45) is 4.33. The smallest absolute Gasteiger partial charge is 0.292 e. The maximum Gasteiger partial charge on any atom is 0.292 e. The molecule has 1 N–H and O–H groups in total. The summed E-state index contributed by atoms with van der Waals surface area (Å²) in [6.45, 7) is 7.01. The quantitative estimate of drug-likeness (QED) is 0.705. The van der Waals surface area contributed by atoms with Crippen LogP contribution in [0.15, 0.2) is 41.9 Å². The van der Waals surface area contributed by atoms with Crippen molar-refractivity contribution in [3.8, 4) is 0 Å². The van der Waals surface area contributed by atoms with Crippen LogP contribution < -0.4 is 5.32 Å². The van der Waals surface area contributed by atoms with Crippen LogP contribution in [-0.4, -0.2) is 67.0 Å². The Morgan fingerprint density at radius 2 is 1.78 bits per heavy atom. The first-order chi connectivity index (χ1) is 15.6. The first-order valence-electron chi connectivity index (χ1n) is 11.9. The van der Waals surface area contributed by atoms with Crippen LogP contribution >= 0.6 is 0 Å². The van der Waals surface area contributed by atoms with Gasteiger partial charge in [0.05, 0.1) is 0 Å². The highest BCUT2D eigenvalue weighted by atomic mass is 16.6. The monoisotopic (exact) mass is 441 g/mol. The van der Waals surface area contributed by atoms with E-state index in [4.69, 9.17) is 9.47 Å². The summed E-state index contributed by atoms with van der Waals surface area (Å²) in [6, 6.07) is 10.7. The minimum absolute atomic E-state index is 0.0697. The van der Waals surface area contributed by atoms with E-state index in [1.54, 1.807) is 6.92 Å². The molecule has 1 aromatic carbocycles. The zero-order chi connectivity index (χ0) is 22.3. The van der Waals surface area contributed by atoms with Crippen molar-refractivity contribution in [1.29, 1.82) is 0 Å². The van der Waals surface area contributed by atoms with Gasteiger partial charge < -0.3 is 19.7 Å². The second-order valence-electron chi connectivity index (χ2n) is 9.13. The van der Waals surface area contributed by atoms with Gasteiger partial charge in [0.25, 0.3) is 5.91 Å². The maximum absolute atomic E-state index is 12.7. The Morgan fingerprint density at radius 3 is 2.53 bits per heavy atom. The summed E-state index contributed by atoms with van der Waals surface area (Å²) in [5, 5.41) is 3.23.